The number of hydrogen-bond donors (Lipinski definition) is 9. The van der Waals surface area contributed by atoms with E-state index in [4.69, 9.17) is 34.6 Å². The normalized spacial score (nSPS) is 26.6. The monoisotopic (exact) mass is 599 g/mol. The Hall–Kier alpha value is -1.33. The van der Waals surface area contributed by atoms with E-state index in [0.29, 0.717) is 0 Å². The molecule has 2 aromatic rings. The highest BCUT2D eigenvalue weighted by atomic mass is 31.2. The molecule has 3 heterocycles. The van der Waals surface area contributed by atoms with Gasteiger partial charge < -0.3 is 49.5 Å². The van der Waals surface area contributed by atoms with E-state index < -0.39 is 78.9 Å². The Morgan fingerprint density at radius 1 is 1.06 bits per heavy atom. The number of ether oxygens (including phenoxy) is 1. The first kappa shape index (κ1) is 29.2. The molecule has 6 atom stereocenters. The average Bonchev–Trinajstić information content (AvgIpc) is 3.18. The van der Waals surface area contributed by atoms with Crippen molar-refractivity contribution in [3.8, 4) is 0 Å². The molecular weight excluding hydrogens is 578 g/mol. The van der Waals surface area contributed by atoms with Crippen LogP contribution in [0.2, 0.25) is 0 Å². The summed E-state index contributed by atoms with van der Waals surface area (Å²) in [6.07, 6.45) is -6.33. The van der Waals surface area contributed by atoms with Crippen LogP contribution in [0.15, 0.2) is 11.1 Å². The van der Waals surface area contributed by atoms with Crippen molar-refractivity contribution in [2.45, 2.75) is 24.5 Å². The van der Waals surface area contributed by atoms with E-state index in [-0.39, 0.29) is 17.1 Å². The molecule has 3 rings (SSSR count). The SMILES string of the molecule is Nc1nc2c(ncn2[C@@H]2O[C@H](COP(=O)(O)CP(=O)(O)O)[C@@H](O)[C@H]2OP(=O)(O)CP(=O)(O)O)c(=O)[nH]1. The lowest BCUT2D eigenvalue weighted by atomic mass is 10.1. The second-order valence-electron chi connectivity index (χ2n) is 7.58. The first-order valence-corrected chi connectivity index (χ1v) is 16.5. The smallest absolute Gasteiger partial charge is 0.340 e. The number of aromatic amines is 1. The molecule has 2 aromatic heterocycles. The van der Waals surface area contributed by atoms with Crippen LogP contribution in [0.4, 0.5) is 5.95 Å². The molecule has 20 nitrogen and oxygen atoms in total. The van der Waals surface area contributed by atoms with E-state index in [1.165, 1.54) is 0 Å². The second kappa shape index (κ2) is 10.1. The lowest BCUT2D eigenvalue weighted by Crippen LogP contribution is -2.35. The van der Waals surface area contributed by atoms with Crippen molar-refractivity contribution in [3.05, 3.63) is 16.7 Å². The van der Waals surface area contributed by atoms with Gasteiger partial charge in [-0.15, -0.1) is 0 Å². The van der Waals surface area contributed by atoms with Crippen molar-refractivity contribution < 1.29 is 66.5 Å². The number of fused-ring (bicyclic) bond motifs is 1. The highest BCUT2D eigenvalue weighted by Gasteiger charge is 2.50. The first-order valence-electron chi connectivity index (χ1n) is 9.38. The zero-order valence-corrected chi connectivity index (χ0v) is 21.2. The van der Waals surface area contributed by atoms with Crippen LogP contribution in [0.5, 0.6) is 0 Å². The molecule has 0 radical (unpaired) electrons. The van der Waals surface area contributed by atoms with Gasteiger partial charge >= 0.3 is 30.4 Å². The number of nitrogen functional groups attached to an aromatic ring is 1. The minimum atomic E-state index is -5.12. The number of hydrogen-bond acceptors (Lipinski definition) is 12. The topological polar surface area (TPSA) is 327 Å². The minimum Gasteiger partial charge on any atom is -0.387 e. The van der Waals surface area contributed by atoms with Crippen molar-refractivity contribution in [2.75, 3.05) is 24.1 Å². The van der Waals surface area contributed by atoms with Crippen molar-refractivity contribution in [1.29, 1.82) is 0 Å². The minimum absolute atomic E-state index is 0.263. The highest BCUT2D eigenvalue weighted by Crippen LogP contribution is 2.58. The summed E-state index contributed by atoms with van der Waals surface area (Å²) >= 11 is 0. The molecule has 0 aromatic carbocycles. The molecule has 24 heteroatoms. The van der Waals surface area contributed by atoms with E-state index in [1.54, 1.807) is 0 Å². The third-order valence-corrected chi connectivity index (χ3v) is 11.4. The van der Waals surface area contributed by atoms with Crippen molar-refractivity contribution in [1.82, 2.24) is 19.5 Å². The Balaban J connectivity index is 1.96. The predicted octanol–water partition coefficient (Wildman–Crippen LogP) is -2.00. The number of nitrogens with two attached hydrogens (primary N) is 1. The average molecular weight is 599 g/mol. The van der Waals surface area contributed by atoms with Gasteiger partial charge in [-0.2, -0.15) is 4.98 Å². The fraction of sp³-hybridized carbons (Fsp3) is 0.583. The molecule has 1 aliphatic rings. The van der Waals surface area contributed by atoms with Crippen LogP contribution in [0.25, 0.3) is 11.2 Å². The number of imidazole rings is 1. The van der Waals surface area contributed by atoms with E-state index >= 15 is 0 Å². The van der Waals surface area contributed by atoms with Crippen LogP contribution in [0, 0.1) is 0 Å². The summed E-state index contributed by atoms with van der Waals surface area (Å²) in [5.74, 6) is -3.57. The number of H-pyrrole nitrogens is 1. The fourth-order valence-corrected chi connectivity index (χ4v) is 8.55. The quantitative estimate of drug-likeness (QED) is 0.133. The van der Waals surface area contributed by atoms with Gasteiger partial charge in [0.05, 0.1) is 12.9 Å². The number of nitrogens with zero attached hydrogens (tertiary/aromatic N) is 3. The Kier molecular flexibility index (Phi) is 8.19. The van der Waals surface area contributed by atoms with Gasteiger partial charge in [-0.05, 0) is 0 Å². The molecule has 0 aliphatic carbocycles. The Morgan fingerprint density at radius 3 is 2.22 bits per heavy atom. The summed E-state index contributed by atoms with van der Waals surface area (Å²) < 4.78 is 62.5. The summed E-state index contributed by atoms with van der Waals surface area (Å²) in [6.45, 7) is -0.998. The molecule has 1 saturated heterocycles. The van der Waals surface area contributed by atoms with Crippen LogP contribution in [0.3, 0.4) is 0 Å². The number of nitrogens with one attached hydrogen (secondary N) is 1. The Bertz CT molecular complexity index is 1380. The molecule has 1 aliphatic heterocycles. The van der Waals surface area contributed by atoms with Gasteiger partial charge in [0.2, 0.25) is 5.95 Å². The van der Waals surface area contributed by atoms with Crippen LogP contribution < -0.4 is 11.3 Å². The summed E-state index contributed by atoms with van der Waals surface area (Å²) in [6, 6.07) is 0. The third-order valence-electron chi connectivity index (χ3n) is 4.49. The molecule has 204 valence electrons. The summed E-state index contributed by atoms with van der Waals surface area (Å²) in [4.78, 5) is 77.4. The molecule has 0 amide bonds. The first-order chi connectivity index (χ1) is 16.3. The van der Waals surface area contributed by atoms with Crippen LogP contribution >= 0.6 is 30.4 Å². The fourth-order valence-electron chi connectivity index (χ4n) is 3.24. The molecule has 36 heavy (non-hydrogen) atoms. The maximum absolute atomic E-state index is 12.4. The summed E-state index contributed by atoms with van der Waals surface area (Å²) in [5, 5.41) is 10.7. The van der Waals surface area contributed by atoms with Gasteiger partial charge in [0.1, 0.15) is 18.3 Å². The van der Waals surface area contributed by atoms with E-state index in [2.05, 4.69) is 19.5 Å². The molecule has 2 unspecified atom stereocenters. The zero-order valence-electron chi connectivity index (χ0n) is 17.6. The third kappa shape index (κ3) is 7.37. The zero-order chi connectivity index (χ0) is 27.3. The number of rotatable bonds is 10. The summed E-state index contributed by atoms with van der Waals surface area (Å²) in [7, 11) is -20.1. The number of aliphatic hydroxyl groups excluding tert-OH is 1. The molecule has 0 spiro atoms. The molecule has 10 N–H and O–H groups in total. The maximum atomic E-state index is 12.4. The molecule has 0 saturated carbocycles. The van der Waals surface area contributed by atoms with Crippen LogP contribution in [-0.4, -0.2) is 90.7 Å². The summed E-state index contributed by atoms with van der Waals surface area (Å²) in [5.41, 5.74) is 4.17. The van der Waals surface area contributed by atoms with Gasteiger partial charge in [-0.3, -0.25) is 37.1 Å². The van der Waals surface area contributed by atoms with Crippen molar-refractivity contribution in [3.63, 3.8) is 0 Å². The van der Waals surface area contributed by atoms with Gasteiger partial charge in [0.15, 0.2) is 29.2 Å². The van der Waals surface area contributed by atoms with Gasteiger partial charge in [-0.25, -0.2) is 4.98 Å². The number of aromatic nitrogens is 4. The molecular formula is C12H21N5O15P4. The lowest BCUT2D eigenvalue weighted by Gasteiger charge is -2.24. The maximum Gasteiger partial charge on any atom is 0.340 e. The van der Waals surface area contributed by atoms with Crippen LogP contribution in [0.1, 0.15) is 6.23 Å². The number of anilines is 1. The molecule has 0 bridgehead atoms. The van der Waals surface area contributed by atoms with Crippen molar-refractivity contribution >= 4 is 47.5 Å². The van der Waals surface area contributed by atoms with Gasteiger partial charge in [0.25, 0.3) is 5.56 Å². The molecule has 1 fully saturated rings. The van der Waals surface area contributed by atoms with Gasteiger partial charge in [-0.1, -0.05) is 0 Å². The highest BCUT2D eigenvalue weighted by molar-refractivity contribution is 7.70. The predicted molar refractivity (Wildman–Crippen MR) is 117 cm³/mol. The Morgan fingerprint density at radius 2 is 1.64 bits per heavy atom. The number of aliphatic hydroxyl groups is 1. The van der Waals surface area contributed by atoms with E-state index in [0.717, 1.165) is 10.9 Å². The van der Waals surface area contributed by atoms with E-state index in [1.807, 2.05) is 0 Å². The van der Waals surface area contributed by atoms with Crippen molar-refractivity contribution in [2.24, 2.45) is 0 Å². The second-order valence-corrected chi connectivity index (χ2v) is 15.5. The largest absolute Gasteiger partial charge is 0.387 e. The van der Waals surface area contributed by atoms with Gasteiger partial charge in [0, 0.05) is 0 Å². The standard InChI is InChI=1S/C12H21N5O15P4/c13-12-15-9-6(10(19)16-12)14-2-17(9)11-8(32-36(28,29)4-34(23,24)25)7(18)5(31-11)1-30-35(26,27)3-33(20,21)22/h2,5,7-8,11,18H,1,3-4H2,(H,26,27)(H,28,29)(H2,20,21,22)(H2,23,24,25)(H3,13,15,16,19)/t5-,7-,8-,11-/m1/s1. The van der Waals surface area contributed by atoms with Crippen LogP contribution in [-0.2, 0) is 32.0 Å². The van der Waals surface area contributed by atoms with E-state index in [9.17, 15) is 37.9 Å². The Labute approximate surface area is 199 Å². The lowest BCUT2D eigenvalue weighted by molar-refractivity contribution is -0.0462.